The Labute approximate surface area is 167 Å². The Hall–Kier alpha value is -2.18. The number of sulfonamides is 1. The molecule has 0 saturated carbocycles. The lowest BCUT2D eigenvalue weighted by Crippen LogP contribution is -2.46. The molecule has 5 nitrogen and oxygen atoms in total. The number of rotatable bonds is 5. The quantitative estimate of drug-likeness (QED) is 0.836. The highest BCUT2D eigenvalue weighted by Gasteiger charge is 2.30. The molecule has 2 aromatic rings. The Morgan fingerprint density at radius 2 is 1.68 bits per heavy atom. The van der Waals surface area contributed by atoms with Gasteiger partial charge >= 0.3 is 0 Å². The van der Waals surface area contributed by atoms with Crippen molar-refractivity contribution in [2.75, 3.05) is 13.1 Å². The van der Waals surface area contributed by atoms with Crippen LogP contribution in [0.5, 0.6) is 0 Å². The summed E-state index contributed by atoms with van der Waals surface area (Å²) in [5.41, 5.74) is 4.01. The average molecular weight is 401 g/mol. The van der Waals surface area contributed by atoms with E-state index in [9.17, 15) is 13.2 Å². The van der Waals surface area contributed by atoms with Crippen molar-refractivity contribution in [3.8, 4) is 0 Å². The number of nitrogens with zero attached hydrogens (tertiary/aromatic N) is 1. The molecule has 2 aromatic carbocycles. The maximum atomic E-state index is 12.8. The molecular formula is C22H28N2O3S. The van der Waals surface area contributed by atoms with Crippen molar-refractivity contribution in [3.05, 3.63) is 64.7 Å². The average Bonchev–Trinajstić information content (AvgIpc) is 2.70. The van der Waals surface area contributed by atoms with E-state index in [1.165, 1.54) is 4.31 Å². The summed E-state index contributed by atoms with van der Waals surface area (Å²) in [4.78, 5) is 12.8. The number of hydrogen-bond donors (Lipinski definition) is 1. The largest absolute Gasteiger partial charge is 0.349 e. The highest BCUT2D eigenvalue weighted by Crippen LogP contribution is 2.22. The third kappa shape index (κ3) is 4.45. The van der Waals surface area contributed by atoms with Gasteiger partial charge in [-0.1, -0.05) is 25.1 Å². The first kappa shape index (κ1) is 20.6. The smallest absolute Gasteiger partial charge is 0.251 e. The normalized spacial score (nSPS) is 16.1. The van der Waals surface area contributed by atoms with Crippen molar-refractivity contribution >= 4 is 15.9 Å². The van der Waals surface area contributed by atoms with Crippen LogP contribution in [0.15, 0.2) is 47.4 Å². The maximum absolute atomic E-state index is 12.8. The van der Waals surface area contributed by atoms with E-state index in [1.54, 1.807) is 12.1 Å². The van der Waals surface area contributed by atoms with Crippen molar-refractivity contribution in [2.45, 2.75) is 51.0 Å². The van der Waals surface area contributed by atoms with E-state index in [-0.39, 0.29) is 11.9 Å². The first-order chi connectivity index (χ1) is 13.3. The van der Waals surface area contributed by atoms with Gasteiger partial charge in [-0.05, 0) is 74.1 Å². The molecule has 0 radical (unpaired) electrons. The fourth-order valence-corrected chi connectivity index (χ4v) is 4.91. The lowest BCUT2D eigenvalue weighted by molar-refractivity contribution is 0.0923. The number of aryl methyl sites for hydroxylation is 3. The van der Waals surface area contributed by atoms with E-state index >= 15 is 0 Å². The molecule has 1 N–H and O–H groups in total. The van der Waals surface area contributed by atoms with E-state index in [1.807, 2.05) is 51.1 Å². The zero-order valence-electron chi connectivity index (χ0n) is 16.7. The first-order valence-electron chi connectivity index (χ1n) is 9.78. The molecule has 1 aliphatic heterocycles. The van der Waals surface area contributed by atoms with Crippen molar-refractivity contribution < 1.29 is 13.2 Å². The second-order valence-electron chi connectivity index (χ2n) is 7.45. The fraction of sp³-hybridized carbons (Fsp3) is 0.409. The molecule has 0 aliphatic carbocycles. The monoisotopic (exact) mass is 400 g/mol. The lowest BCUT2D eigenvalue weighted by atomic mass is 10.0. The zero-order chi connectivity index (χ0) is 20.3. The van der Waals surface area contributed by atoms with Crippen molar-refractivity contribution in [3.63, 3.8) is 0 Å². The Morgan fingerprint density at radius 1 is 1.04 bits per heavy atom. The molecule has 1 heterocycles. The van der Waals surface area contributed by atoms with Gasteiger partial charge in [0.25, 0.3) is 5.91 Å². The van der Waals surface area contributed by atoms with Crippen LogP contribution in [-0.4, -0.2) is 37.8 Å². The molecule has 1 amide bonds. The Kier molecular flexibility index (Phi) is 6.20. The molecule has 0 atom stereocenters. The number of piperidine rings is 1. The number of hydrogen-bond acceptors (Lipinski definition) is 3. The molecule has 0 spiro atoms. The number of carbonyl (C=O) groups excluding carboxylic acids is 1. The predicted octanol–water partition coefficient (Wildman–Crippen LogP) is 3.45. The van der Waals surface area contributed by atoms with Crippen molar-refractivity contribution in [1.82, 2.24) is 9.62 Å². The Balaban J connectivity index is 1.60. The fourth-order valence-electron chi connectivity index (χ4n) is 3.44. The third-order valence-corrected chi connectivity index (χ3v) is 7.44. The lowest BCUT2D eigenvalue weighted by Gasteiger charge is -2.31. The molecule has 3 rings (SSSR count). The molecule has 0 bridgehead atoms. The van der Waals surface area contributed by atoms with E-state index in [2.05, 4.69) is 5.32 Å². The van der Waals surface area contributed by atoms with Gasteiger partial charge in [0.15, 0.2) is 0 Å². The summed E-state index contributed by atoms with van der Waals surface area (Å²) in [6.45, 7) is 6.87. The van der Waals surface area contributed by atoms with Gasteiger partial charge in [-0.25, -0.2) is 8.42 Å². The summed E-state index contributed by atoms with van der Waals surface area (Å²) in [7, 11) is -3.48. The van der Waals surface area contributed by atoms with Crippen LogP contribution in [0.2, 0.25) is 0 Å². The molecule has 1 aliphatic rings. The minimum Gasteiger partial charge on any atom is -0.349 e. The van der Waals surface area contributed by atoms with Gasteiger partial charge in [0, 0.05) is 24.7 Å². The van der Waals surface area contributed by atoms with Gasteiger partial charge in [0.2, 0.25) is 10.0 Å². The van der Waals surface area contributed by atoms with Crippen LogP contribution < -0.4 is 5.32 Å². The standard InChI is InChI=1S/C22H28N2O3S/c1-4-18-6-9-21(10-7-18)28(26,27)24-13-11-20(12-14-24)23-22(25)19-8-5-16(2)17(3)15-19/h5-10,15,20H,4,11-14H2,1-3H3,(H,23,25). The Bertz CT molecular complexity index is 944. The van der Waals surface area contributed by atoms with E-state index < -0.39 is 10.0 Å². The summed E-state index contributed by atoms with van der Waals surface area (Å²) in [6.07, 6.45) is 2.11. The molecule has 150 valence electrons. The van der Waals surface area contributed by atoms with Crippen LogP contribution in [-0.2, 0) is 16.4 Å². The molecule has 1 fully saturated rings. The molecular weight excluding hydrogens is 372 g/mol. The van der Waals surface area contributed by atoms with Gasteiger partial charge in [0.1, 0.15) is 0 Å². The van der Waals surface area contributed by atoms with Crippen LogP contribution in [0.4, 0.5) is 0 Å². The summed E-state index contributed by atoms with van der Waals surface area (Å²) in [5.74, 6) is -0.0976. The Morgan fingerprint density at radius 3 is 2.25 bits per heavy atom. The van der Waals surface area contributed by atoms with E-state index in [0.717, 1.165) is 23.1 Å². The van der Waals surface area contributed by atoms with Crippen LogP contribution >= 0.6 is 0 Å². The topological polar surface area (TPSA) is 66.5 Å². The van der Waals surface area contributed by atoms with E-state index in [4.69, 9.17) is 0 Å². The van der Waals surface area contributed by atoms with Gasteiger partial charge in [-0.2, -0.15) is 4.31 Å². The first-order valence-corrected chi connectivity index (χ1v) is 11.2. The summed E-state index contributed by atoms with van der Waals surface area (Å²) in [6, 6.07) is 12.8. The highest BCUT2D eigenvalue weighted by atomic mass is 32.2. The molecule has 0 aromatic heterocycles. The van der Waals surface area contributed by atoms with Gasteiger partial charge in [-0.3, -0.25) is 4.79 Å². The third-order valence-electron chi connectivity index (χ3n) is 5.53. The highest BCUT2D eigenvalue weighted by molar-refractivity contribution is 7.89. The number of benzene rings is 2. The second-order valence-corrected chi connectivity index (χ2v) is 9.39. The minimum absolute atomic E-state index is 0.0111. The van der Waals surface area contributed by atoms with Gasteiger partial charge in [0.05, 0.1) is 4.90 Å². The van der Waals surface area contributed by atoms with Crippen LogP contribution in [0, 0.1) is 13.8 Å². The van der Waals surface area contributed by atoms with Crippen LogP contribution in [0.25, 0.3) is 0 Å². The maximum Gasteiger partial charge on any atom is 0.251 e. The van der Waals surface area contributed by atoms with Crippen molar-refractivity contribution in [1.29, 1.82) is 0 Å². The van der Waals surface area contributed by atoms with Crippen LogP contribution in [0.1, 0.15) is 46.8 Å². The van der Waals surface area contributed by atoms with Crippen LogP contribution in [0.3, 0.4) is 0 Å². The van der Waals surface area contributed by atoms with Gasteiger partial charge in [-0.15, -0.1) is 0 Å². The molecule has 6 heteroatoms. The SMILES string of the molecule is CCc1ccc(S(=O)(=O)N2CCC(NC(=O)c3ccc(C)c(C)c3)CC2)cc1. The number of nitrogens with one attached hydrogen (secondary N) is 1. The van der Waals surface area contributed by atoms with E-state index in [0.29, 0.717) is 36.4 Å². The predicted molar refractivity (Wildman–Crippen MR) is 111 cm³/mol. The number of amides is 1. The zero-order valence-corrected chi connectivity index (χ0v) is 17.6. The summed E-state index contributed by atoms with van der Waals surface area (Å²) in [5, 5.41) is 3.05. The molecule has 28 heavy (non-hydrogen) atoms. The second kappa shape index (κ2) is 8.45. The minimum atomic E-state index is -3.48. The summed E-state index contributed by atoms with van der Waals surface area (Å²) < 4.78 is 27.2. The van der Waals surface area contributed by atoms with Gasteiger partial charge < -0.3 is 5.32 Å². The molecule has 0 unspecified atom stereocenters. The summed E-state index contributed by atoms with van der Waals surface area (Å²) >= 11 is 0. The number of carbonyl (C=O) groups is 1. The molecule has 1 saturated heterocycles. The van der Waals surface area contributed by atoms with Crippen molar-refractivity contribution in [2.24, 2.45) is 0 Å².